The van der Waals surface area contributed by atoms with Crippen LogP contribution in [0.2, 0.25) is 0 Å². The third-order valence-corrected chi connectivity index (χ3v) is 10.2. The minimum absolute atomic E-state index is 0.310. The summed E-state index contributed by atoms with van der Waals surface area (Å²) in [6.07, 6.45) is 7.82. The maximum absolute atomic E-state index is 9.51. The number of aromatic nitrogens is 3. The summed E-state index contributed by atoms with van der Waals surface area (Å²) >= 11 is 0. The van der Waals surface area contributed by atoms with E-state index in [2.05, 4.69) is 115 Å². The second kappa shape index (κ2) is 12.6. The Hall–Kier alpha value is -6.70. The average Bonchev–Trinajstić information content (AvgIpc) is 3.52. The van der Waals surface area contributed by atoms with Gasteiger partial charge in [-0.2, -0.15) is 5.26 Å². The topological polar surface area (TPSA) is 62.5 Å². The number of rotatable bonds is 6. The van der Waals surface area contributed by atoms with Gasteiger partial charge in [0.1, 0.15) is 0 Å². The largest absolute Gasteiger partial charge is 0.208 e. The van der Waals surface area contributed by atoms with E-state index in [9.17, 15) is 5.26 Å². The molecule has 240 valence electrons. The predicted octanol–water partition coefficient (Wildman–Crippen LogP) is 10.7. The molecule has 0 fully saturated rings. The zero-order valence-corrected chi connectivity index (χ0v) is 27.8. The Morgan fingerprint density at radius 2 is 1.10 bits per heavy atom. The van der Waals surface area contributed by atoms with Gasteiger partial charge in [0.15, 0.2) is 17.5 Å². The zero-order valence-electron chi connectivity index (χ0n) is 27.8. The molecule has 0 saturated heterocycles. The molecule has 0 N–H and O–H groups in total. The maximum atomic E-state index is 9.51. The average molecular weight is 653 g/mol. The second-order valence-electron chi connectivity index (χ2n) is 13.1. The van der Waals surface area contributed by atoms with Gasteiger partial charge in [-0.1, -0.05) is 152 Å². The van der Waals surface area contributed by atoms with Crippen LogP contribution in [0.1, 0.15) is 40.2 Å². The fraction of sp³-hybridized carbons (Fsp3) is 0.0638. The first kappa shape index (κ1) is 30.4. The van der Waals surface area contributed by atoms with Gasteiger partial charge >= 0.3 is 0 Å². The molecular formula is C47H32N4. The van der Waals surface area contributed by atoms with E-state index < -0.39 is 5.41 Å². The SMILES string of the molecule is N#Cc1cccc(-c2cccc(-c3nc(-c4ccccc4)nc(-c4cccc(C5(c6ccccc6)C6=CC=CCC6c6ccccc65)c4)n3)c2)c1. The third-order valence-electron chi connectivity index (χ3n) is 10.2. The van der Waals surface area contributed by atoms with E-state index in [1.807, 2.05) is 66.7 Å². The van der Waals surface area contributed by atoms with Crippen LogP contribution < -0.4 is 0 Å². The van der Waals surface area contributed by atoms with E-state index in [4.69, 9.17) is 15.0 Å². The van der Waals surface area contributed by atoms with Crippen molar-refractivity contribution in [2.75, 3.05) is 0 Å². The molecule has 2 aliphatic rings. The van der Waals surface area contributed by atoms with E-state index in [0.717, 1.165) is 34.2 Å². The minimum Gasteiger partial charge on any atom is -0.208 e. The summed E-state index contributed by atoms with van der Waals surface area (Å²) in [6, 6.07) is 56.8. The van der Waals surface area contributed by atoms with Crippen LogP contribution in [0.4, 0.5) is 0 Å². The highest BCUT2D eigenvalue weighted by molar-refractivity contribution is 5.75. The van der Waals surface area contributed by atoms with Crippen molar-refractivity contribution in [3.8, 4) is 51.4 Å². The summed E-state index contributed by atoms with van der Waals surface area (Å²) in [5.41, 5.74) is 11.4. The van der Waals surface area contributed by atoms with Crippen LogP contribution in [-0.2, 0) is 5.41 Å². The van der Waals surface area contributed by atoms with Crippen molar-refractivity contribution in [1.29, 1.82) is 5.26 Å². The molecule has 2 unspecified atom stereocenters. The molecule has 1 aromatic heterocycles. The number of allylic oxidation sites excluding steroid dienone is 4. The van der Waals surface area contributed by atoms with Gasteiger partial charge in [-0.25, -0.2) is 15.0 Å². The Labute approximate surface area is 297 Å². The molecule has 4 nitrogen and oxygen atoms in total. The molecule has 0 bridgehead atoms. The Morgan fingerprint density at radius 3 is 1.86 bits per heavy atom. The van der Waals surface area contributed by atoms with Crippen LogP contribution in [0.25, 0.3) is 45.3 Å². The van der Waals surface area contributed by atoms with Crippen molar-refractivity contribution in [3.05, 3.63) is 209 Å². The lowest BCUT2D eigenvalue weighted by molar-refractivity contribution is 0.693. The van der Waals surface area contributed by atoms with E-state index in [-0.39, 0.29) is 0 Å². The number of nitriles is 1. The third kappa shape index (κ3) is 5.19. The van der Waals surface area contributed by atoms with Crippen molar-refractivity contribution >= 4 is 0 Å². The molecule has 2 aliphatic carbocycles. The van der Waals surface area contributed by atoms with Gasteiger partial charge in [0.05, 0.1) is 17.0 Å². The van der Waals surface area contributed by atoms with Crippen molar-refractivity contribution in [2.45, 2.75) is 17.8 Å². The standard InChI is InChI=1S/C47H32N4/c48-31-32-14-11-17-34(28-32)35-18-12-19-36(29-35)45-49-44(33-15-3-1-4-16-33)50-46(51-45)37-20-13-23-39(30-37)47(38-21-5-2-6-22-38)42-26-9-7-24-40(42)41-25-8-10-27-43(41)47/h1-24,26-30,41H,25H2. The summed E-state index contributed by atoms with van der Waals surface area (Å²) in [7, 11) is 0. The molecule has 4 heteroatoms. The van der Waals surface area contributed by atoms with Gasteiger partial charge in [-0.15, -0.1) is 0 Å². The predicted molar refractivity (Wildman–Crippen MR) is 204 cm³/mol. The quantitative estimate of drug-likeness (QED) is 0.179. The summed E-state index contributed by atoms with van der Waals surface area (Å²) in [5.74, 6) is 2.12. The van der Waals surface area contributed by atoms with Gasteiger partial charge in [-0.05, 0) is 69.6 Å². The fourth-order valence-corrected chi connectivity index (χ4v) is 7.96. The monoisotopic (exact) mass is 652 g/mol. The van der Waals surface area contributed by atoms with Crippen molar-refractivity contribution in [1.82, 2.24) is 15.0 Å². The van der Waals surface area contributed by atoms with Gasteiger partial charge < -0.3 is 0 Å². The van der Waals surface area contributed by atoms with E-state index in [1.165, 1.54) is 27.8 Å². The summed E-state index contributed by atoms with van der Waals surface area (Å²) in [4.78, 5) is 15.3. The first-order valence-corrected chi connectivity index (χ1v) is 17.3. The lowest BCUT2D eigenvalue weighted by atomic mass is 9.66. The van der Waals surface area contributed by atoms with E-state index in [1.54, 1.807) is 0 Å². The van der Waals surface area contributed by atoms with E-state index in [0.29, 0.717) is 29.0 Å². The molecule has 0 radical (unpaired) electrons. The van der Waals surface area contributed by atoms with Crippen LogP contribution in [0.5, 0.6) is 0 Å². The molecule has 2 atom stereocenters. The number of hydrogen-bond acceptors (Lipinski definition) is 4. The Bertz CT molecular complexity index is 2530. The fourth-order valence-electron chi connectivity index (χ4n) is 7.96. The molecular weight excluding hydrogens is 621 g/mol. The summed E-state index contributed by atoms with van der Waals surface area (Å²) in [6.45, 7) is 0. The highest BCUT2D eigenvalue weighted by atomic mass is 15.0. The normalized spacial score (nSPS) is 17.2. The zero-order chi connectivity index (χ0) is 34.2. The van der Waals surface area contributed by atoms with E-state index >= 15 is 0 Å². The van der Waals surface area contributed by atoms with Crippen LogP contribution in [-0.4, -0.2) is 15.0 Å². The molecule has 0 saturated carbocycles. The smallest absolute Gasteiger partial charge is 0.164 e. The van der Waals surface area contributed by atoms with Gasteiger partial charge in [0, 0.05) is 22.6 Å². The highest BCUT2D eigenvalue weighted by Gasteiger charge is 2.50. The Balaban J connectivity index is 1.24. The molecule has 0 amide bonds. The van der Waals surface area contributed by atoms with Gasteiger partial charge in [-0.3, -0.25) is 0 Å². The molecule has 7 aromatic rings. The second-order valence-corrected chi connectivity index (χ2v) is 13.1. The highest BCUT2D eigenvalue weighted by Crippen LogP contribution is 2.59. The summed E-state index contributed by atoms with van der Waals surface area (Å²) in [5, 5.41) is 9.51. The number of nitrogens with zero attached hydrogens (tertiary/aromatic N) is 4. The molecule has 9 rings (SSSR count). The van der Waals surface area contributed by atoms with Crippen LogP contribution >= 0.6 is 0 Å². The summed E-state index contributed by atoms with van der Waals surface area (Å²) < 4.78 is 0. The number of hydrogen-bond donors (Lipinski definition) is 0. The van der Waals surface area contributed by atoms with Gasteiger partial charge in [0.2, 0.25) is 0 Å². The first-order chi connectivity index (χ1) is 25.2. The van der Waals surface area contributed by atoms with Crippen molar-refractivity contribution in [3.63, 3.8) is 0 Å². The van der Waals surface area contributed by atoms with Gasteiger partial charge in [0.25, 0.3) is 0 Å². The van der Waals surface area contributed by atoms with Crippen LogP contribution in [0, 0.1) is 11.3 Å². The number of fused-ring (bicyclic) bond motifs is 3. The molecule has 6 aromatic carbocycles. The van der Waals surface area contributed by atoms with Crippen LogP contribution in [0.15, 0.2) is 182 Å². The Morgan fingerprint density at radius 1 is 0.529 bits per heavy atom. The lowest BCUT2D eigenvalue weighted by Gasteiger charge is -2.36. The maximum Gasteiger partial charge on any atom is 0.164 e. The lowest BCUT2D eigenvalue weighted by Crippen LogP contribution is -2.29. The van der Waals surface area contributed by atoms with Crippen molar-refractivity contribution < 1.29 is 0 Å². The minimum atomic E-state index is -0.465. The first-order valence-electron chi connectivity index (χ1n) is 17.3. The molecule has 51 heavy (non-hydrogen) atoms. The molecule has 0 spiro atoms. The molecule has 0 aliphatic heterocycles. The molecule has 1 heterocycles. The number of benzene rings is 6. The van der Waals surface area contributed by atoms with Crippen molar-refractivity contribution in [2.24, 2.45) is 0 Å². The van der Waals surface area contributed by atoms with Crippen LogP contribution in [0.3, 0.4) is 0 Å². The Kier molecular flexibility index (Phi) is 7.52.